The Balaban J connectivity index is 2.26. The average Bonchev–Trinajstić information content (AvgIpc) is 2.89. The minimum absolute atomic E-state index is 1.35. The smallest absolute Gasteiger partial charge is 0.0349 e. The van der Waals surface area contributed by atoms with Crippen molar-refractivity contribution < 1.29 is 0 Å². The Morgan fingerprint density at radius 1 is 0.562 bits per heavy atom. The molecule has 16 heavy (non-hydrogen) atoms. The van der Waals surface area contributed by atoms with Crippen LogP contribution in [0.2, 0.25) is 0 Å². The number of hydrogen-bond acceptors (Lipinski definition) is 2. The van der Waals surface area contributed by atoms with Crippen molar-refractivity contribution in [2.24, 2.45) is 0 Å². The summed E-state index contributed by atoms with van der Waals surface area (Å²) in [6, 6.07) is 13.6. The van der Waals surface area contributed by atoms with Crippen LogP contribution in [0.5, 0.6) is 0 Å². The van der Waals surface area contributed by atoms with E-state index in [4.69, 9.17) is 0 Å². The van der Waals surface area contributed by atoms with Gasteiger partial charge in [-0.2, -0.15) is 0 Å². The molecule has 0 saturated carbocycles. The topological polar surface area (TPSA) is 0 Å². The molecule has 0 saturated heterocycles. The third-order valence-corrected chi connectivity index (χ3v) is 4.74. The van der Waals surface area contributed by atoms with Crippen molar-refractivity contribution in [1.82, 2.24) is 0 Å². The van der Waals surface area contributed by atoms with E-state index >= 15 is 0 Å². The number of thiophene rings is 2. The van der Waals surface area contributed by atoms with Gasteiger partial charge in [-0.1, -0.05) is 0 Å². The van der Waals surface area contributed by atoms with Crippen molar-refractivity contribution in [2.45, 2.75) is 0 Å². The fraction of sp³-hybridized carbons (Fsp3) is 0. The third-order valence-electron chi connectivity index (χ3n) is 2.98. The van der Waals surface area contributed by atoms with Crippen LogP contribution in [0.4, 0.5) is 0 Å². The highest BCUT2D eigenvalue weighted by Gasteiger charge is 2.02. The van der Waals surface area contributed by atoms with Crippen LogP contribution in [0.3, 0.4) is 0 Å². The first-order valence-corrected chi connectivity index (χ1v) is 6.94. The molecule has 0 spiro atoms. The molecule has 0 aliphatic heterocycles. The molecule has 0 atom stereocenters. The summed E-state index contributed by atoms with van der Waals surface area (Å²) in [5.41, 5.74) is 0. The molecule has 2 heterocycles. The zero-order chi connectivity index (χ0) is 10.5. The summed E-state index contributed by atoms with van der Waals surface area (Å²) in [6.07, 6.45) is 0. The van der Waals surface area contributed by atoms with Crippen LogP contribution in [0.15, 0.2) is 47.2 Å². The molecule has 76 valence electrons. The van der Waals surface area contributed by atoms with Gasteiger partial charge in [0.2, 0.25) is 0 Å². The SMILES string of the molecule is c1cc2cc3cc4sccc4cc3cc2s1. The van der Waals surface area contributed by atoms with Crippen LogP contribution in [0.25, 0.3) is 30.9 Å². The monoisotopic (exact) mass is 240 g/mol. The lowest BCUT2D eigenvalue weighted by atomic mass is 10.1. The molecule has 0 aliphatic carbocycles. The summed E-state index contributed by atoms with van der Waals surface area (Å²) < 4.78 is 2.75. The number of rotatable bonds is 0. The highest BCUT2D eigenvalue weighted by molar-refractivity contribution is 7.17. The summed E-state index contributed by atoms with van der Waals surface area (Å²) in [4.78, 5) is 0. The van der Waals surface area contributed by atoms with E-state index in [1.54, 1.807) is 0 Å². The molecule has 2 heteroatoms. The maximum Gasteiger partial charge on any atom is 0.0349 e. The van der Waals surface area contributed by atoms with Crippen molar-refractivity contribution in [3.8, 4) is 0 Å². The second-order valence-electron chi connectivity index (χ2n) is 3.97. The Morgan fingerprint density at radius 2 is 1.06 bits per heavy atom. The predicted octanol–water partition coefficient (Wildman–Crippen LogP) is 5.27. The van der Waals surface area contributed by atoms with Crippen LogP contribution < -0.4 is 0 Å². The van der Waals surface area contributed by atoms with Gasteiger partial charge in [-0.05, 0) is 68.7 Å². The average molecular weight is 240 g/mol. The van der Waals surface area contributed by atoms with Gasteiger partial charge in [-0.3, -0.25) is 0 Å². The molecular weight excluding hydrogens is 232 g/mol. The van der Waals surface area contributed by atoms with Crippen molar-refractivity contribution in [3.05, 3.63) is 47.2 Å². The third kappa shape index (κ3) is 1.14. The lowest BCUT2D eigenvalue weighted by Crippen LogP contribution is -1.72. The zero-order valence-corrected chi connectivity index (χ0v) is 10.1. The minimum atomic E-state index is 1.35. The molecule has 0 bridgehead atoms. The van der Waals surface area contributed by atoms with E-state index in [0.29, 0.717) is 0 Å². The Morgan fingerprint density at radius 3 is 1.56 bits per heavy atom. The van der Waals surface area contributed by atoms with Gasteiger partial charge in [0, 0.05) is 9.40 Å². The summed E-state index contributed by atoms with van der Waals surface area (Å²) >= 11 is 3.62. The number of hydrogen-bond donors (Lipinski definition) is 0. The van der Waals surface area contributed by atoms with Gasteiger partial charge < -0.3 is 0 Å². The van der Waals surface area contributed by atoms with E-state index in [0.717, 1.165) is 0 Å². The van der Waals surface area contributed by atoms with Crippen LogP contribution >= 0.6 is 22.7 Å². The largest absolute Gasteiger partial charge is 0.144 e. The fourth-order valence-electron chi connectivity index (χ4n) is 2.17. The van der Waals surface area contributed by atoms with E-state index in [2.05, 4.69) is 47.2 Å². The van der Waals surface area contributed by atoms with E-state index < -0.39 is 0 Å². The molecule has 0 N–H and O–H groups in total. The van der Waals surface area contributed by atoms with Gasteiger partial charge in [0.15, 0.2) is 0 Å². The van der Waals surface area contributed by atoms with Gasteiger partial charge in [0.05, 0.1) is 0 Å². The molecule has 4 aromatic rings. The van der Waals surface area contributed by atoms with Crippen LogP contribution in [0.1, 0.15) is 0 Å². The lowest BCUT2D eigenvalue weighted by Gasteiger charge is -1.99. The van der Waals surface area contributed by atoms with Crippen LogP contribution in [-0.2, 0) is 0 Å². The molecule has 0 unspecified atom stereocenters. The molecule has 2 aromatic heterocycles. The molecular formula is C14H8S2. The molecule has 0 amide bonds. The first kappa shape index (κ1) is 8.74. The van der Waals surface area contributed by atoms with Gasteiger partial charge in [-0.15, -0.1) is 22.7 Å². The molecule has 2 aromatic carbocycles. The molecule has 0 radical (unpaired) electrons. The van der Waals surface area contributed by atoms with E-state index in [1.165, 1.54) is 30.9 Å². The highest BCUT2D eigenvalue weighted by atomic mass is 32.1. The minimum Gasteiger partial charge on any atom is -0.144 e. The lowest BCUT2D eigenvalue weighted by molar-refractivity contribution is 1.94. The van der Waals surface area contributed by atoms with Crippen LogP contribution in [-0.4, -0.2) is 0 Å². The number of fused-ring (bicyclic) bond motifs is 3. The van der Waals surface area contributed by atoms with Gasteiger partial charge in [0.1, 0.15) is 0 Å². The molecule has 4 rings (SSSR count). The summed E-state index contributed by atoms with van der Waals surface area (Å²) in [6.45, 7) is 0. The van der Waals surface area contributed by atoms with Crippen molar-refractivity contribution in [2.75, 3.05) is 0 Å². The molecule has 0 nitrogen and oxygen atoms in total. The quantitative estimate of drug-likeness (QED) is 0.393. The second-order valence-corrected chi connectivity index (χ2v) is 5.86. The summed E-state index contributed by atoms with van der Waals surface area (Å²) in [5.74, 6) is 0. The normalized spacial score (nSPS) is 11.8. The van der Waals surface area contributed by atoms with Gasteiger partial charge in [-0.25, -0.2) is 0 Å². The maximum atomic E-state index is 2.30. The summed E-state index contributed by atoms with van der Waals surface area (Å²) in [5, 5.41) is 9.72. The Bertz CT molecular complexity index is 675. The Kier molecular flexibility index (Phi) is 1.67. The van der Waals surface area contributed by atoms with Crippen molar-refractivity contribution >= 4 is 53.6 Å². The van der Waals surface area contributed by atoms with E-state index in [9.17, 15) is 0 Å². The van der Waals surface area contributed by atoms with Crippen molar-refractivity contribution in [1.29, 1.82) is 0 Å². The van der Waals surface area contributed by atoms with E-state index in [-0.39, 0.29) is 0 Å². The Hall–Kier alpha value is -1.38. The fourth-order valence-corrected chi connectivity index (χ4v) is 3.81. The number of benzene rings is 2. The molecule has 0 fully saturated rings. The van der Waals surface area contributed by atoms with Crippen LogP contribution in [0, 0.1) is 0 Å². The first-order valence-electron chi connectivity index (χ1n) is 5.18. The Labute approximate surface area is 101 Å². The summed E-state index contributed by atoms with van der Waals surface area (Å²) in [7, 11) is 0. The van der Waals surface area contributed by atoms with Crippen molar-refractivity contribution in [3.63, 3.8) is 0 Å². The maximum absolute atomic E-state index is 2.30. The van der Waals surface area contributed by atoms with Gasteiger partial charge >= 0.3 is 0 Å². The predicted molar refractivity (Wildman–Crippen MR) is 74.7 cm³/mol. The van der Waals surface area contributed by atoms with Gasteiger partial charge in [0.25, 0.3) is 0 Å². The van der Waals surface area contributed by atoms with E-state index in [1.807, 2.05) is 22.7 Å². The standard InChI is InChI=1S/C14H8S2/c1-3-15-13-7-12-6-10-2-4-16-14(10)8-11(12)5-9(1)13/h1-8H. The molecule has 0 aliphatic rings. The zero-order valence-electron chi connectivity index (χ0n) is 8.44. The second kappa shape index (κ2) is 3.06. The highest BCUT2D eigenvalue weighted by Crippen LogP contribution is 2.31. The first-order chi connectivity index (χ1) is 7.90.